The van der Waals surface area contributed by atoms with Gasteiger partial charge in [-0.3, -0.25) is 0 Å². The number of halogens is 2. The lowest BCUT2D eigenvalue weighted by Gasteiger charge is -2.06. The Bertz CT molecular complexity index is 480. The highest BCUT2D eigenvalue weighted by Crippen LogP contribution is 2.33. The SMILES string of the molecule is O=S(=O)(Cl)c1ccc(OC2CC2)c(Cl)c1. The van der Waals surface area contributed by atoms with Gasteiger partial charge in [0.15, 0.2) is 0 Å². The van der Waals surface area contributed by atoms with Crippen LogP contribution in [0.5, 0.6) is 5.75 Å². The molecule has 2 rings (SSSR count). The van der Waals surface area contributed by atoms with Gasteiger partial charge in [-0.15, -0.1) is 0 Å². The summed E-state index contributed by atoms with van der Waals surface area (Å²) < 4.78 is 27.4. The second kappa shape index (κ2) is 3.85. The molecule has 0 saturated heterocycles. The fourth-order valence-corrected chi connectivity index (χ4v) is 2.16. The largest absolute Gasteiger partial charge is 0.489 e. The van der Waals surface area contributed by atoms with Gasteiger partial charge in [0, 0.05) is 10.7 Å². The average Bonchev–Trinajstić information content (AvgIpc) is 2.90. The van der Waals surface area contributed by atoms with Crippen LogP contribution in [0.25, 0.3) is 0 Å². The molecule has 1 aromatic rings. The molecule has 0 N–H and O–H groups in total. The van der Waals surface area contributed by atoms with Crippen LogP contribution in [0.1, 0.15) is 12.8 Å². The Hall–Kier alpha value is -0.450. The molecule has 0 aliphatic heterocycles. The molecule has 3 nitrogen and oxygen atoms in total. The summed E-state index contributed by atoms with van der Waals surface area (Å²) >= 11 is 5.86. The maximum atomic E-state index is 11.0. The Balaban J connectivity index is 2.29. The van der Waals surface area contributed by atoms with Crippen LogP contribution in [0.3, 0.4) is 0 Å². The van der Waals surface area contributed by atoms with Gasteiger partial charge in [-0.1, -0.05) is 11.6 Å². The minimum atomic E-state index is -3.72. The molecular formula is C9H8Cl2O3S. The van der Waals surface area contributed by atoms with Crippen molar-refractivity contribution in [3.05, 3.63) is 23.2 Å². The van der Waals surface area contributed by atoms with Crippen molar-refractivity contribution in [2.45, 2.75) is 23.8 Å². The highest BCUT2D eigenvalue weighted by Gasteiger charge is 2.24. The van der Waals surface area contributed by atoms with E-state index in [1.54, 1.807) is 0 Å². The Labute approximate surface area is 97.4 Å². The molecule has 1 saturated carbocycles. The van der Waals surface area contributed by atoms with Crippen molar-refractivity contribution in [1.82, 2.24) is 0 Å². The molecule has 0 radical (unpaired) electrons. The number of hydrogen-bond donors (Lipinski definition) is 0. The van der Waals surface area contributed by atoms with E-state index in [0.717, 1.165) is 12.8 Å². The zero-order valence-corrected chi connectivity index (χ0v) is 9.94. The first kappa shape index (κ1) is 11.0. The van der Waals surface area contributed by atoms with Gasteiger partial charge < -0.3 is 4.74 Å². The first-order valence-electron chi connectivity index (χ1n) is 4.38. The summed E-state index contributed by atoms with van der Waals surface area (Å²) in [6.07, 6.45) is 2.26. The summed E-state index contributed by atoms with van der Waals surface area (Å²) in [7, 11) is 1.45. The number of hydrogen-bond acceptors (Lipinski definition) is 3. The summed E-state index contributed by atoms with van der Waals surface area (Å²) in [5.41, 5.74) is 0. The summed E-state index contributed by atoms with van der Waals surface area (Å²) in [6, 6.07) is 4.20. The molecular weight excluding hydrogens is 259 g/mol. The minimum absolute atomic E-state index is 0.0164. The molecule has 15 heavy (non-hydrogen) atoms. The summed E-state index contributed by atoms with van der Waals surface area (Å²) in [5.74, 6) is 0.503. The van der Waals surface area contributed by atoms with Gasteiger partial charge in [0.05, 0.1) is 16.0 Å². The lowest BCUT2D eigenvalue weighted by Crippen LogP contribution is -1.97. The third-order valence-corrected chi connectivity index (χ3v) is 3.65. The van der Waals surface area contributed by atoms with Gasteiger partial charge in [0.1, 0.15) is 5.75 Å². The van der Waals surface area contributed by atoms with Gasteiger partial charge in [-0.05, 0) is 31.0 Å². The third-order valence-electron chi connectivity index (χ3n) is 2.00. The van der Waals surface area contributed by atoms with Crippen LogP contribution in [0.15, 0.2) is 23.1 Å². The number of rotatable bonds is 3. The molecule has 0 amide bonds. The van der Waals surface area contributed by atoms with Crippen LogP contribution in [-0.2, 0) is 9.05 Å². The van der Waals surface area contributed by atoms with Gasteiger partial charge in [-0.25, -0.2) is 8.42 Å². The highest BCUT2D eigenvalue weighted by molar-refractivity contribution is 8.13. The minimum Gasteiger partial charge on any atom is -0.489 e. The Morgan fingerprint density at radius 3 is 2.47 bits per heavy atom. The van der Waals surface area contributed by atoms with E-state index < -0.39 is 9.05 Å². The van der Waals surface area contributed by atoms with E-state index in [4.69, 9.17) is 27.0 Å². The van der Waals surface area contributed by atoms with Crippen LogP contribution in [0, 0.1) is 0 Å². The van der Waals surface area contributed by atoms with E-state index in [-0.39, 0.29) is 16.0 Å². The van der Waals surface area contributed by atoms with E-state index in [9.17, 15) is 8.42 Å². The van der Waals surface area contributed by atoms with E-state index in [1.165, 1.54) is 18.2 Å². The molecule has 1 aromatic carbocycles. The number of ether oxygens (including phenoxy) is 1. The Morgan fingerprint density at radius 2 is 2.00 bits per heavy atom. The fourth-order valence-electron chi connectivity index (χ4n) is 1.09. The molecule has 1 aliphatic rings. The van der Waals surface area contributed by atoms with E-state index in [1.807, 2.05) is 0 Å². The maximum Gasteiger partial charge on any atom is 0.261 e. The van der Waals surface area contributed by atoms with E-state index in [0.29, 0.717) is 5.75 Å². The molecule has 6 heteroatoms. The lowest BCUT2D eigenvalue weighted by molar-refractivity contribution is 0.303. The molecule has 1 aliphatic carbocycles. The van der Waals surface area contributed by atoms with Gasteiger partial charge in [0.2, 0.25) is 0 Å². The third kappa shape index (κ3) is 2.77. The molecule has 1 fully saturated rings. The first-order chi connectivity index (χ1) is 6.97. The van der Waals surface area contributed by atoms with Crippen LogP contribution in [0.2, 0.25) is 5.02 Å². The summed E-state index contributed by atoms with van der Waals surface area (Å²) in [5, 5.41) is 0.267. The van der Waals surface area contributed by atoms with Crippen molar-refractivity contribution in [1.29, 1.82) is 0 Å². The smallest absolute Gasteiger partial charge is 0.261 e. The number of benzene rings is 1. The zero-order valence-electron chi connectivity index (χ0n) is 7.61. The topological polar surface area (TPSA) is 43.4 Å². The second-order valence-electron chi connectivity index (χ2n) is 3.35. The Morgan fingerprint density at radius 1 is 1.33 bits per heavy atom. The second-order valence-corrected chi connectivity index (χ2v) is 6.32. The first-order valence-corrected chi connectivity index (χ1v) is 7.06. The van der Waals surface area contributed by atoms with Crippen molar-refractivity contribution in [2.75, 3.05) is 0 Å². The van der Waals surface area contributed by atoms with Crippen molar-refractivity contribution in [3.63, 3.8) is 0 Å². The molecule has 0 aromatic heterocycles. The maximum absolute atomic E-state index is 11.0. The van der Waals surface area contributed by atoms with Crippen LogP contribution in [-0.4, -0.2) is 14.5 Å². The van der Waals surface area contributed by atoms with Crippen molar-refractivity contribution in [2.24, 2.45) is 0 Å². The molecule has 0 atom stereocenters. The summed E-state index contributed by atoms with van der Waals surface area (Å²) in [4.78, 5) is -0.0164. The molecule has 0 unspecified atom stereocenters. The van der Waals surface area contributed by atoms with Crippen molar-refractivity contribution < 1.29 is 13.2 Å². The van der Waals surface area contributed by atoms with E-state index >= 15 is 0 Å². The Kier molecular flexibility index (Phi) is 2.83. The predicted octanol–water partition coefficient (Wildman–Crippen LogP) is 2.81. The van der Waals surface area contributed by atoms with Crippen LogP contribution in [0.4, 0.5) is 0 Å². The molecule has 0 heterocycles. The monoisotopic (exact) mass is 266 g/mol. The van der Waals surface area contributed by atoms with Crippen LogP contribution >= 0.6 is 22.3 Å². The molecule has 0 bridgehead atoms. The van der Waals surface area contributed by atoms with Gasteiger partial charge >= 0.3 is 0 Å². The van der Waals surface area contributed by atoms with Gasteiger partial charge in [-0.2, -0.15) is 0 Å². The lowest BCUT2D eigenvalue weighted by atomic mass is 10.3. The van der Waals surface area contributed by atoms with Crippen molar-refractivity contribution in [3.8, 4) is 5.75 Å². The van der Waals surface area contributed by atoms with Gasteiger partial charge in [0.25, 0.3) is 9.05 Å². The normalized spacial score (nSPS) is 16.4. The standard InChI is InChI=1S/C9H8Cl2O3S/c10-8-5-7(15(11,12)13)3-4-9(8)14-6-1-2-6/h3-6H,1-2H2. The quantitative estimate of drug-likeness (QED) is 0.791. The average molecular weight is 267 g/mol. The fraction of sp³-hybridized carbons (Fsp3) is 0.333. The van der Waals surface area contributed by atoms with E-state index in [2.05, 4.69) is 0 Å². The zero-order chi connectivity index (χ0) is 11.1. The summed E-state index contributed by atoms with van der Waals surface area (Å²) in [6.45, 7) is 0. The molecule has 82 valence electrons. The van der Waals surface area contributed by atoms with Crippen molar-refractivity contribution >= 4 is 31.3 Å². The predicted molar refractivity (Wildman–Crippen MR) is 58.1 cm³/mol. The highest BCUT2D eigenvalue weighted by atomic mass is 35.7. The van der Waals surface area contributed by atoms with Crippen LogP contribution < -0.4 is 4.74 Å². The molecule has 0 spiro atoms.